The Bertz CT molecular complexity index is 577. The molecular formula is C11H10ClN3O3. The molecule has 0 saturated heterocycles. The number of aromatic hydroxyl groups is 1. The van der Waals surface area contributed by atoms with E-state index in [9.17, 15) is 5.11 Å². The summed E-state index contributed by atoms with van der Waals surface area (Å²) in [6.07, 6.45) is 1.35. The summed E-state index contributed by atoms with van der Waals surface area (Å²) in [4.78, 5) is 7.75. The molecule has 3 N–H and O–H groups in total. The van der Waals surface area contributed by atoms with Gasteiger partial charge in [-0.15, -0.1) is 0 Å². The van der Waals surface area contributed by atoms with Crippen molar-refractivity contribution in [3.05, 3.63) is 29.4 Å². The van der Waals surface area contributed by atoms with Crippen LogP contribution in [-0.4, -0.2) is 22.2 Å². The van der Waals surface area contributed by atoms with Crippen LogP contribution in [0.1, 0.15) is 0 Å². The quantitative estimate of drug-likeness (QED) is 0.654. The van der Waals surface area contributed by atoms with Gasteiger partial charge in [0.15, 0.2) is 5.75 Å². The van der Waals surface area contributed by atoms with E-state index in [0.717, 1.165) is 0 Å². The van der Waals surface area contributed by atoms with Crippen LogP contribution in [0.15, 0.2) is 24.4 Å². The van der Waals surface area contributed by atoms with Crippen LogP contribution in [0.2, 0.25) is 5.02 Å². The largest absolute Gasteiger partial charge is 0.506 e. The van der Waals surface area contributed by atoms with Gasteiger partial charge in [0, 0.05) is 0 Å². The number of nitrogen functional groups attached to an aromatic ring is 1. The van der Waals surface area contributed by atoms with Crippen LogP contribution in [0.5, 0.6) is 23.4 Å². The third-order valence-corrected chi connectivity index (χ3v) is 2.38. The third-order valence-electron chi connectivity index (χ3n) is 2.12. The number of phenolic OH excluding ortho intramolecular Hbond substituents is 1. The first kappa shape index (κ1) is 12.3. The second-order valence-corrected chi connectivity index (χ2v) is 3.71. The lowest BCUT2D eigenvalue weighted by Gasteiger charge is -2.09. The molecule has 0 fully saturated rings. The minimum absolute atomic E-state index is 0.0790. The van der Waals surface area contributed by atoms with Crippen molar-refractivity contribution in [2.75, 3.05) is 12.8 Å². The second-order valence-electron chi connectivity index (χ2n) is 3.30. The minimum Gasteiger partial charge on any atom is -0.506 e. The lowest BCUT2D eigenvalue weighted by Crippen LogP contribution is -1.97. The molecule has 2 aromatic rings. The van der Waals surface area contributed by atoms with E-state index < -0.39 is 0 Å². The molecule has 0 radical (unpaired) electrons. The highest BCUT2D eigenvalue weighted by Crippen LogP contribution is 2.35. The highest BCUT2D eigenvalue weighted by Gasteiger charge is 2.11. The van der Waals surface area contributed by atoms with E-state index >= 15 is 0 Å². The molecule has 94 valence electrons. The smallest absolute Gasteiger partial charge is 0.319 e. The Labute approximate surface area is 108 Å². The Hall–Kier alpha value is -2.21. The monoisotopic (exact) mass is 267 g/mol. The van der Waals surface area contributed by atoms with Gasteiger partial charge < -0.3 is 20.3 Å². The van der Waals surface area contributed by atoms with Gasteiger partial charge >= 0.3 is 6.01 Å². The van der Waals surface area contributed by atoms with Crippen molar-refractivity contribution in [1.29, 1.82) is 0 Å². The maximum Gasteiger partial charge on any atom is 0.319 e. The zero-order chi connectivity index (χ0) is 13.1. The van der Waals surface area contributed by atoms with Gasteiger partial charge in [-0.3, -0.25) is 0 Å². The van der Waals surface area contributed by atoms with Crippen molar-refractivity contribution < 1.29 is 14.6 Å². The van der Waals surface area contributed by atoms with Gasteiger partial charge in [0.2, 0.25) is 5.88 Å². The van der Waals surface area contributed by atoms with Crippen molar-refractivity contribution in [2.24, 2.45) is 0 Å². The molecule has 0 aliphatic rings. The Kier molecular flexibility index (Phi) is 3.38. The van der Waals surface area contributed by atoms with E-state index in [1.807, 2.05) is 0 Å². The number of ether oxygens (including phenoxy) is 2. The van der Waals surface area contributed by atoms with Crippen LogP contribution in [0.25, 0.3) is 0 Å². The summed E-state index contributed by atoms with van der Waals surface area (Å²) >= 11 is 5.89. The van der Waals surface area contributed by atoms with Crippen molar-refractivity contribution >= 4 is 17.3 Å². The highest BCUT2D eigenvalue weighted by molar-refractivity contribution is 6.31. The van der Waals surface area contributed by atoms with Crippen molar-refractivity contribution in [1.82, 2.24) is 9.97 Å². The number of anilines is 1. The van der Waals surface area contributed by atoms with Crippen LogP contribution >= 0.6 is 11.6 Å². The van der Waals surface area contributed by atoms with Gasteiger partial charge in [-0.1, -0.05) is 17.7 Å². The van der Waals surface area contributed by atoms with Crippen molar-refractivity contribution in [3.63, 3.8) is 0 Å². The van der Waals surface area contributed by atoms with E-state index in [1.165, 1.54) is 19.4 Å². The number of halogens is 1. The Morgan fingerprint density at radius 2 is 2.17 bits per heavy atom. The number of rotatable bonds is 3. The average Bonchev–Trinajstić information content (AvgIpc) is 2.37. The first-order valence-electron chi connectivity index (χ1n) is 4.93. The van der Waals surface area contributed by atoms with Gasteiger partial charge in [-0.05, 0) is 12.1 Å². The Morgan fingerprint density at radius 1 is 1.39 bits per heavy atom. The molecule has 1 aromatic heterocycles. The maximum absolute atomic E-state index is 9.45. The van der Waals surface area contributed by atoms with Crippen LogP contribution in [0.3, 0.4) is 0 Å². The molecule has 0 bridgehead atoms. The fraction of sp³-hybridized carbons (Fsp3) is 0.0909. The molecule has 7 heteroatoms. The van der Waals surface area contributed by atoms with Gasteiger partial charge in [0.25, 0.3) is 0 Å². The normalized spacial score (nSPS) is 10.1. The summed E-state index contributed by atoms with van der Waals surface area (Å²) in [5.41, 5.74) is 5.76. The molecule has 0 spiro atoms. The van der Waals surface area contributed by atoms with Crippen LogP contribution < -0.4 is 15.2 Å². The van der Waals surface area contributed by atoms with Gasteiger partial charge in [0.05, 0.1) is 13.3 Å². The molecule has 0 unspecified atom stereocenters. The standard InChI is InChI=1S/C11H10ClN3O3/c1-17-11-14-5-6(12)10(15-11)18-8-4-2-3-7(16)9(8)13/h2-5,16H,13H2,1H3. The molecule has 1 heterocycles. The lowest BCUT2D eigenvalue weighted by atomic mass is 10.3. The van der Waals surface area contributed by atoms with Crippen molar-refractivity contribution in [2.45, 2.75) is 0 Å². The van der Waals surface area contributed by atoms with E-state index in [2.05, 4.69) is 9.97 Å². The average molecular weight is 268 g/mol. The molecule has 6 nitrogen and oxygen atoms in total. The van der Waals surface area contributed by atoms with Gasteiger partial charge in [-0.25, -0.2) is 4.98 Å². The minimum atomic E-state index is -0.0790. The molecule has 1 aromatic carbocycles. The number of hydrogen-bond acceptors (Lipinski definition) is 6. The first-order chi connectivity index (χ1) is 8.61. The number of para-hydroxylation sites is 1. The number of nitrogens with two attached hydrogens (primary N) is 1. The summed E-state index contributed by atoms with van der Waals surface area (Å²) in [7, 11) is 1.43. The number of benzene rings is 1. The molecule has 18 heavy (non-hydrogen) atoms. The first-order valence-corrected chi connectivity index (χ1v) is 5.31. The summed E-state index contributed by atoms with van der Waals surface area (Å²) in [5.74, 6) is 0.267. The highest BCUT2D eigenvalue weighted by atomic mass is 35.5. The number of hydrogen-bond donors (Lipinski definition) is 2. The number of nitrogens with zero attached hydrogens (tertiary/aromatic N) is 2. The predicted octanol–water partition coefficient (Wildman–Crippen LogP) is 2.22. The summed E-state index contributed by atoms with van der Waals surface area (Å²) in [6.45, 7) is 0. The molecule has 0 aliphatic heterocycles. The molecule has 0 saturated carbocycles. The third kappa shape index (κ3) is 2.38. The van der Waals surface area contributed by atoms with Gasteiger partial charge in [-0.2, -0.15) is 4.98 Å². The Morgan fingerprint density at radius 3 is 2.89 bits per heavy atom. The maximum atomic E-state index is 9.45. The fourth-order valence-corrected chi connectivity index (χ4v) is 1.36. The van der Waals surface area contributed by atoms with Crippen molar-refractivity contribution in [3.8, 4) is 23.4 Å². The zero-order valence-electron chi connectivity index (χ0n) is 9.42. The molecule has 2 rings (SSSR count). The van der Waals surface area contributed by atoms with E-state index in [1.54, 1.807) is 12.1 Å². The molecular weight excluding hydrogens is 258 g/mol. The number of aromatic nitrogens is 2. The predicted molar refractivity (Wildman–Crippen MR) is 66.2 cm³/mol. The Balaban J connectivity index is 2.36. The molecule has 0 amide bonds. The summed E-state index contributed by atoms with van der Waals surface area (Å²) in [6, 6.07) is 4.74. The summed E-state index contributed by atoms with van der Waals surface area (Å²) in [5, 5.41) is 9.66. The fourth-order valence-electron chi connectivity index (χ4n) is 1.23. The second kappa shape index (κ2) is 4.97. The van der Waals surface area contributed by atoms with E-state index in [0.29, 0.717) is 0 Å². The molecule has 0 atom stereocenters. The van der Waals surface area contributed by atoms with Gasteiger partial charge in [0.1, 0.15) is 16.5 Å². The topological polar surface area (TPSA) is 90.5 Å². The number of methoxy groups -OCH3 is 1. The summed E-state index contributed by atoms with van der Waals surface area (Å²) < 4.78 is 10.3. The lowest BCUT2D eigenvalue weighted by molar-refractivity contribution is 0.366. The molecule has 0 aliphatic carbocycles. The van der Waals surface area contributed by atoms with Crippen LogP contribution in [0.4, 0.5) is 5.69 Å². The number of phenols is 1. The van der Waals surface area contributed by atoms with E-state index in [4.69, 9.17) is 26.8 Å². The van der Waals surface area contributed by atoms with E-state index in [-0.39, 0.29) is 34.1 Å². The SMILES string of the molecule is COc1ncc(Cl)c(Oc2cccc(O)c2N)n1. The van der Waals surface area contributed by atoms with Crippen LogP contribution in [-0.2, 0) is 0 Å². The zero-order valence-corrected chi connectivity index (χ0v) is 10.2. The van der Waals surface area contributed by atoms with Crippen LogP contribution in [0, 0.1) is 0 Å².